The first-order valence-corrected chi connectivity index (χ1v) is 8.51. The van der Waals surface area contributed by atoms with Crippen LogP contribution in [0.15, 0.2) is 34.5 Å². The van der Waals surface area contributed by atoms with E-state index in [0.717, 1.165) is 22.5 Å². The largest absolute Gasteiger partial charge is 0.343 e. The molecule has 0 atom stereocenters. The molecule has 1 aromatic rings. The minimum absolute atomic E-state index is 0.253. The van der Waals surface area contributed by atoms with Gasteiger partial charge in [-0.1, -0.05) is 12.7 Å². The van der Waals surface area contributed by atoms with E-state index in [0.29, 0.717) is 11.3 Å². The Hall–Kier alpha value is -1.82. The van der Waals surface area contributed by atoms with Gasteiger partial charge in [-0.15, -0.1) is 0 Å². The summed E-state index contributed by atoms with van der Waals surface area (Å²) in [5.74, 6) is 0. The van der Waals surface area contributed by atoms with E-state index in [1.165, 1.54) is 10.9 Å². The van der Waals surface area contributed by atoms with E-state index in [9.17, 15) is 8.42 Å². The highest BCUT2D eigenvalue weighted by molar-refractivity contribution is 7.90. The van der Waals surface area contributed by atoms with Crippen molar-refractivity contribution in [2.45, 2.75) is 25.8 Å². The van der Waals surface area contributed by atoms with Crippen LogP contribution in [0.3, 0.4) is 0 Å². The van der Waals surface area contributed by atoms with E-state index >= 15 is 0 Å². The standard InChI is InChI=1S/C15H21N3O2S/c1-9-8-10(2)14(17(5)12(9)4)13-11(3)15(18(6)16-13)21(7,19)20/h8H,4H2,1-3,5-7H3. The number of nitrogens with zero attached hydrogens (tertiary/aromatic N) is 3. The minimum atomic E-state index is -3.32. The lowest BCUT2D eigenvalue weighted by molar-refractivity contribution is 0.578. The summed E-state index contributed by atoms with van der Waals surface area (Å²) in [5, 5.41) is 4.68. The van der Waals surface area contributed by atoms with Crippen LogP contribution in [0.4, 0.5) is 0 Å². The molecule has 1 aliphatic heterocycles. The van der Waals surface area contributed by atoms with Crippen LogP contribution in [0.2, 0.25) is 0 Å². The third-order valence-electron chi connectivity index (χ3n) is 3.80. The first-order valence-electron chi connectivity index (χ1n) is 6.62. The number of sulfone groups is 1. The molecular weight excluding hydrogens is 286 g/mol. The Morgan fingerprint density at radius 3 is 2.24 bits per heavy atom. The van der Waals surface area contributed by atoms with E-state index in [-0.39, 0.29) is 5.03 Å². The number of aryl methyl sites for hydroxylation is 1. The molecule has 114 valence electrons. The second-order valence-corrected chi connectivity index (χ2v) is 7.47. The molecule has 1 aliphatic rings. The molecule has 1 aromatic heterocycles. The molecule has 0 aliphatic carbocycles. The van der Waals surface area contributed by atoms with Gasteiger partial charge in [0.1, 0.15) is 5.69 Å². The van der Waals surface area contributed by atoms with Gasteiger partial charge in [0.2, 0.25) is 0 Å². The Kier molecular flexibility index (Phi) is 3.61. The fourth-order valence-corrected chi connectivity index (χ4v) is 4.02. The van der Waals surface area contributed by atoms with Crippen molar-refractivity contribution in [3.8, 4) is 0 Å². The maximum atomic E-state index is 11.9. The topological polar surface area (TPSA) is 55.2 Å². The lowest BCUT2D eigenvalue weighted by Crippen LogP contribution is -2.21. The molecule has 0 bridgehead atoms. The number of likely N-dealkylation sites (N-methyl/N-ethyl adjacent to an activating group) is 1. The Balaban J connectivity index is 2.75. The summed E-state index contributed by atoms with van der Waals surface area (Å²) in [6, 6.07) is 0. The quantitative estimate of drug-likeness (QED) is 0.841. The molecular formula is C15H21N3O2S. The third-order valence-corrected chi connectivity index (χ3v) is 5.07. The highest BCUT2D eigenvalue weighted by Gasteiger charge is 2.27. The van der Waals surface area contributed by atoms with E-state index in [1.807, 2.05) is 31.9 Å². The number of allylic oxidation sites excluding steroid dienone is 3. The van der Waals surface area contributed by atoms with Crippen LogP contribution < -0.4 is 0 Å². The van der Waals surface area contributed by atoms with E-state index < -0.39 is 9.84 Å². The maximum Gasteiger partial charge on any atom is 0.192 e. The van der Waals surface area contributed by atoms with Gasteiger partial charge < -0.3 is 4.90 Å². The van der Waals surface area contributed by atoms with Crippen molar-refractivity contribution in [3.05, 3.63) is 40.8 Å². The summed E-state index contributed by atoms with van der Waals surface area (Å²) in [6.45, 7) is 9.86. The fourth-order valence-electron chi connectivity index (χ4n) is 2.84. The molecule has 2 rings (SSSR count). The van der Waals surface area contributed by atoms with Crippen molar-refractivity contribution in [1.29, 1.82) is 0 Å². The molecule has 2 heterocycles. The first-order chi connectivity index (χ1) is 9.55. The summed E-state index contributed by atoms with van der Waals surface area (Å²) in [6.07, 6.45) is 3.25. The summed E-state index contributed by atoms with van der Waals surface area (Å²) in [7, 11) is 0.257. The van der Waals surface area contributed by atoms with Crippen LogP contribution in [-0.2, 0) is 16.9 Å². The van der Waals surface area contributed by atoms with Crippen molar-refractivity contribution >= 4 is 15.5 Å². The second-order valence-electron chi connectivity index (χ2n) is 5.54. The second kappa shape index (κ2) is 4.87. The zero-order valence-corrected chi connectivity index (χ0v) is 14.2. The number of hydrogen-bond donors (Lipinski definition) is 0. The van der Waals surface area contributed by atoms with Crippen LogP contribution in [0.5, 0.6) is 0 Å². The molecule has 0 spiro atoms. The lowest BCUT2D eigenvalue weighted by atomic mass is 10.00. The first kappa shape index (κ1) is 15.6. The SMILES string of the molecule is C=C1C(C)=CC(C)=C(c2nn(C)c(S(C)(=O)=O)c2C)N1C. The Morgan fingerprint density at radius 2 is 1.76 bits per heavy atom. The van der Waals surface area contributed by atoms with Crippen molar-refractivity contribution < 1.29 is 8.42 Å². The zero-order valence-electron chi connectivity index (χ0n) is 13.4. The van der Waals surface area contributed by atoms with Gasteiger partial charge in [0.25, 0.3) is 0 Å². The normalized spacial score (nSPS) is 16.6. The predicted octanol–water partition coefficient (Wildman–Crippen LogP) is 2.27. The molecule has 0 amide bonds. The lowest BCUT2D eigenvalue weighted by Gasteiger charge is -2.30. The molecule has 5 nitrogen and oxygen atoms in total. The molecule has 0 radical (unpaired) electrons. The van der Waals surface area contributed by atoms with Crippen LogP contribution in [0, 0.1) is 6.92 Å². The zero-order chi connectivity index (χ0) is 16.1. The summed E-state index contributed by atoms with van der Waals surface area (Å²) in [5.41, 5.74) is 5.28. The van der Waals surface area contributed by atoms with Gasteiger partial charge in [0, 0.05) is 31.6 Å². The fraction of sp³-hybridized carbons (Fsp3) is 0.400. The van der Waals surface area contributed by atoms with Gasteiger partial charge in [-0.05, 0) is 31.9 Å². The van der Waals surface area contributed by atoms with Crippen LogP contribution in [0.25, 0.3) is 5.70 Å². The molecule has 0 unspecified atom stereocenters. The molecule has 0 N–H and O–H groups in total. The van der Waals surface area contributed by atoms with Crippen molar-refractivity contribution in [1.82, 2.24) is 14.7 Å². The van der Waals surface area contributed by atoms with Crippen molar-refractivity contribution in [3.63, 3.8) is 0 Å². The third kappa shape index (κ3) is 2.44. The average molecular weight is 307 g/mol. The predicted molar refractivity (Wildman–Crippen MR) is 84.3 cm³/mol. The molecule has 0 aromatic carbocycles. The van der Waals surface area contributed by atoms with E-state index in [1.54, 1.807) is 14.0 Å². The maximum absolute atomic E-state index is 11.9. The van der Waals surface area contributed by atoms with Gasteiger partial charge >= 0.3 is 0 Å². The monoisotopic (exact) mass is 307 g/mol. The van der Waals surface area contributed by atoms with Gasteiger partial charge in [-0.3, -0.25) is 4.68 Å². The van der Waals surface area contributed by atoms with E-state index in [2.05, 4.69) is 11.7 Å². The van der Waals surface area contributed by atoms with Crippen LogP contribution in [0.1, 0.15) is 25.1 Å². The van der Waals surface area contributed by atoms with Crippen LogP contribution in [-0.4, -0.2) is 36.4 Å². The van der Waals surface area contributed by atoms with Gasteiger partial charge in [0.15, 0.2) is 14.9 Å². The van der Waals surface area contributed by atoms with Crippen molar-refractivity contribution in [2.24, 2.45) is 7.05 Å². The number of aromatic nitrogens is 2. The highest BCUT2D eigenvalue weighted by Crippen LogP contribution is 2.35. The van der Waals surface area contributed by atoms with Gasteiger partial charge in [-0.25, -0.2) is 8.42 Å². The van der Waals surface area contributed by atoms with Crippen LogP contribution >= 0.6 is 0 Å². The Bertz CT molecular complexity index is 795. The van der Waals surface area contributed by atoms with Gasteiger partial charge in [-0.2, -0.15) is 5.10 Å². The highest BCUT2D eigenvalue weighted by atomic mass is 32.2. The molecule has 0 fully saturated rings. The summed E-state index contributed by atoms with van der Waals surface area (Å²) >= 11 is 0. The number of hydrogen-bond acceptors (Lipinski definition) is 4. The molecule has 0 saturated carbocycles. The molecule has 21 heavy (non-hydrogen) atoms. The van der Waals surface area contributed by atoms with Crippen molar-refractivity contribution in [2.75, 3.05) is 13.3 Å². The summed E-state index contributed by atoms with van der Waals surface area (Å²) < 4.78 is 25.3. The van der Waals surface area contributed by atoms with Gasteiger partial charge in [0.05, 0.1) is 5.70 Å². The summed E-state index contributed by atoms with van der Waals surface area (Å²) in [4.78, 5) is 1.96. The molecule has 6 heteroatoms. The number of rotatable bonds is 2. The Morgan fingerprint density at radius 1 is 1.19 bits per heavy atom. The van der Waals surface area contributed by atoms with E-state index in [4.69, 9.17) is 0 Å². The average Bonchev–Trinajstić information content (AvgIpc) is 2.61. The molecule has 0 saturated heterocycles. The Labute approximate surface area is 126 Å². The minimum Gasteiger partial charge on any atom is -0.343 e. The smallest absolute Gasteiger partial charge is 0.192 e.